The molecule has 1 N–H and O–H groups in total. The number of non-ortho nitro benzene ring substituents is 1. The summed E-state index contributed by atoms with van der Waals surface area (Å²) in [6.45, 7) is 0. The topological polar surface area (TPSA) is 103 Å². The number of nitro groups is 1. The van der Waals surface area contributed by atoms with Gasteiger partial charge in [-0.1, -0.05) is 0 Å². The van der Waals surface area contributed by atoms with Gasteiger partial charge < -0.3 is 9.47 Å². The number of hydrazone groups is 1. The Kier molecular flexibility index (Phi) is 6.07. The fourth-order valence-corrected chi connectivity index (χ4v) is 2.35. The molecule has 0 saturated carbocycles. The van der Waals surface area contributed by atoms with Gasteiger partial charge in [0.1, 0.15) is 0 Å². The molecule has 0 aromatic heterocycles. The number of nitrogens with one attached hydrogen (secondary N) is 1. The van der Waals surface area contributed by atoms with Crippen LogP contribution in [0.2, 0.25) is 0 Å². The monoisotopic (exact) mass is 407 g/mol. The quantitative estimate of drug-likeness (QED) is 0.450. The van der Waals surface area contributed by atoms with Crippen molar-refractivity contribution in [3.8, 4) is 11.5 Å². The average Bonchev–Trinajstić information content (AvgIpc) is 2.62. The third-order valence-corrected chi connectivity index (χ3v) is 3.90. The Bertz CT molecular complexity index is 821. The predicted molar refractivity (Wildman–Crippen MR) is 95.4 cm³/mol. The van der Waals surface area contributed by atoms with Crippen molar-refractivity contribution in [1.82, 2.24) is 5.43 Å². The van der Waals surface area contributed by atoms with Gasteiger partial charge in [0.25, 0.3) is 11.6 Å². The highest BCUT2D eigenvalue weighted by Crippen LogP contribution is 2.32. The molecule has 0 atom stereocenters. The van der Waals surface area contributed by atoms with Crippen LogP contribution in [-0.4, -0.2) is 31.3 Å². The second-order valence-electron chi connectivity index (χ2n) is 4.73. The number of carbonyl (C=O) groups is 1. The van der Waals surface area contributed by atoms with E-state index in [0.29, 0.717) is 21.5 Å². The Hall–Kier alpha value is -2.94. The van der Waals surface area contributed by atoms with Crippen LogP contribution in [0.1, 0.15) is 15.9 Å². The van der Waals surface area contributed by atoms with Crippen LogP contribution in [0.25, 0.3) is 0 Å². The molecule has 9 heteroatoms. The van der Waals surface area contributed by atoms with Crippen molar-refractivity contribution in [3.05, 3.63) is 62.1 Å². The number of carbonyl (C=O) groups excluding carboxylic acids is 1. The summed E-state index contributed by atoms with van der Waals surface area (Å²) in [5.41, 5.74) is 3.20. The molecule has 0 aliphatic rings. The van der Waals surface area contributed by atoms with E-state index in [1.54, 1.807) is 12.1 Å². The van der Waals surface area contributed by atoms with Crippen molar-refractivity contribution in [2.75, 3.05) is 14.2 Å². The van der Waals surface area contributed by atoms with E-state index in [0.717, 1.165) is 0 Å². The maximum atomic E-state index is 12.0. The molecule has 2 rings (SSSR count). The SMILES string of the molecule is COc1cc(Br)c(/C=N\NC(=O)c2ccc([N+](=O)[O-])cc2)cc1OC. The van der Waals surface area contributed by atoms with Crippen molar-refractivity contribution in [2.24, 2.45) is 5.10 Å². The minimum atomic E-state index is -0.533. The van der Waals surface area contributed by atoms with E-state index in [1.165, 1.54) is 44.7 Å². The molecule has 2 aromatic carbocycles. The van der Waals surface area contributed by atoms with Gasteiger partial charge >= 0.3 is 0 Å². The van der Waals surface area contributed by atoms with Crippen LogP contribution in [0.3, 0.4) is 0 Å². The van der Waals surface area contributed by atoms with Crippen LogP contribution in [0.5, 0.6) is 11.5 Å². The van der Waals surface area contributed by atoms with E-state index in [4.69, 9.17) is 9.47 Å². The number of halogens is 1. The van der Waals surface area contributed by atoms with Gasteiger partial charge in [-0.15, -0.1) is 0 Å². The zero-order chi connectivity index (χ0) is 18.4. The van der Waals surface area contributed by atoms with Crippen LogP contribution in [0, 0.1) is 10.1 Å². The van der Waals surface area contributed by atoms with E-state index in [2.05, 4.69) is 26.5 Å². The number of amides is 1. The number of benzene rings is 2. The van der Waals surface area contributed by atoms with Gasteiger partial charge in [0, 0.05) is 27.7 Å². The number of nitro benzene ring substituents is 1. The Labute approximate surface area is 151 Å². The first-order valence-electron chi connectivity index (χ1n) is 6.95. The van der Waals surface area contributed by atoms with Gasteiger partial charge in [0.15, 0.2) is 11.5 Å². The van der Waals surface area contributed by atoms with Crippen molar-refractivity contribution in [2.45, 2.75) is 0 Å². The van der Waals surface area contributed by atoms with Crippen LogP contribution in [0.4, 0.5) is 5.69 Å². The third-order valence-electron chi connectivity index (χ3n) is 3.21. The minimum absolute atomic E-state index is 0.0886. The fourth-order valence-electron chi connectivity index (χ4n) is 1.93. The molecule has 0 saturated heterocycles. The fraction of sp³-hybridized carbons (Fsp3) is 0.125. The average molecular weight is 408 g/mol. The first-order valence-corrected chi connectivity index (χ1v) is 7.75. The molecule has 0 radical (unpaired) electrons. The highest BCUT2D eigenvalue weighted by Gasteiger charge is 2.10. The number of methoxy groups -OCH3 is 2. The lowest BCUT2D eigenvalue weighted by Crippen LogP contribution is -2.17. The third kappa shape index (κ3) is 4.54. The van der Waals surface area contributed by atoms with Crippen molar-refractivity contribution in [3.63, 3.8) is 0 Å². The molecule has 130 valence electrons. The number of nitrogens with zero attached hydrogens (tertiary/aromatic N) is 2. The first kappa shape index (κ1) is 18.4. The smallest absolute Gasteiger partial charge is 0.271 e. The number of hydrogen-bond donors (Lipinski definition) is 1. The van der Waals surface area contributed by atoms with Gasteiger partial charge in [-0.05, 0) is 40.2 Å². The Morgan fingerprint density at radius 1 is 1.20 bits per heavy atom. The summed E-state index contributed by atoms with van der Waals surface area (Å²) in [4.78, 5) is 22.0. The zero-order valence-electron chi connectivity index (χ0n) is 13.4. The molecule has 0 unspecified atom stereocenters. The van der Waals surface area contributed by atoms with Crippen molar-refractivity contribution < 1.29 is 19.2 Å². The van der Waals surface area contributed by atoms with E-state index in [9.17, 15) is 14.9 Å². The predicted octanol–water partition coefficient (Wildman–Crippen LogP) is 3.14. The number of rotatable bonds is 6. The van der Waals surface area contributed by atoms with Crippen molar-refractivity contribution >= 4 is 33.7 Å². The van der Waals surface area contributed by atoms with Gasteiger partial charge in [0.05, 0.1) is 25.4 Å². The summed E-state index contributed by atoms with van der Waals surface area (Å²) >= 11 is 3.38. The maximum Gasteiger partial charge on any atom is 0.271 e. The molecule has 0 fully saturated rings. The summed E-state index contributed by atoms with van der Waals surface area (Å²) in [7, 11) is 3.05. The van der Waals surface area contributed by atoms with E-state index in [-0.39, 0.29) is 11.3 Å². The number of hydrogen-bond acceptors (Lipinski definition) is 6. The number of ether oxygens (including phenoxy) is 2. The van der Waals surface area contributed by atoms with Crippen molar-refractivity contribution in [1.29, 1.82) is 0 Å². The van der Waals surface area contributed by atoms with Gasteiger partial charge in [-0.3, -0.25) is 14.9 Å². The van der Waals surface area contributed by atoms with E-state index >= 15 is 0 Å². The Morgan fingerprint density at radius 3 is 2.36 bits per heavy atom. The molecular weight excluding hydrogens is 394 g/mol. The lowest BCUT2D eigenvalue weighted by atomic mass is 10.2. The molecule has 8 nitrogen and oxygen atoms in total. The Morgan fingerprint density at radius 2 is 1.80 bits per heavy atom. The molecule has 0 aliphatic heterocycles. The second kappa shape index (κ2) is 8.25. The van der Waals surface area contributed by atoms with Crippen LogP contribution >= 0.6 is 15.9 Å². The molecule has 2 aromatic rings. The van der Waals surface area contributed by atoms with Crippen LogP contribution in [0.15, 0.2) is 46.0 Å². The van der Waals surface area contributed by atoms with Crippen LogP contribution in [-0.2, 0) is 0 Å². The highest BCUT2D eigenvalue weighted by atomic mass is 79.9. The normalized spacial score (nSPS) is 10.5. The molecular formula is C16H14BrN3O5. The van der Waals surface area contributed by atoms with E-state index < -0.39 is 10.8 Å². The molecule has 0 bridgehead atoms. The summed E-state index contributed by atoms with van der Waals surface area (Å²) in [6, 6.07) is 8.64. The molecule has 25 heavy (non-hydrogen) atoms. The lowest BCUT2D eigenvalue weighted by molar-refractivity contribution is -0.384. The molecule has 1 amide bonds. The minimum Gasteiger partial charge on any atom is -0.493 e. The lowest BCUT2D eigenvalue weighted by Gasteiger charge is -2.09. The standard InChI is InChI=1S/C16H14BrN3O5/c1-24-14-7-11(13(17)8-15(14)25-2)9-18-19-16(21)10-3-5-12(6-4-10)20(22)23/h3-9H,1-2H3,(H,19,21)/b18-9-. The summed E-state index contributed by atoms with van der Waals surface area (Å²) in [5.74, 6) is 0.595. The molecule has 0 heterocycles. The molecule has 0 spiro atoms. The highest BCUT2D eigenvalue weighted by molar-refractivity contribution is 9.10. The Balaban J connectivity index is 2.10. The first-order chi connectivity index (χ1) is 12.0. The second-order valence-corrected chi connectivity index (χ2v) is 5.59. The summed E-state index contributed by atoms with van der Waals surface area (Å²) in [5, 5.41) is 14.5. The molecule has 0 aliphatic carbocycles. The van der Waals surface area contributed by atoms with Gasteiger partial charge in [-0.25, -0.2) is 5.43 Å². The van der Waals surface area contributed by atoms with Gasteiger partial charge in [0.2, 0.25) is 0 Å². The maximum absolute atomic E-state index is 12.0. The summed E-state index contributed by atoms with van der Waals surface area (Å²) < 4.78 is 11.1. The largest absolute Gasteiger partial charge is 0.493 e. The zero-order valence-corrected chi connectivity index (χ0v) is 14.9. The van der Waals surface area contributed by atoms with E-state index in [1.807, 2.05) is 0 Å². The van der Waals surface area contributed by atoms with Gasteiger partial charge in [-0.2, -0.15) is 5.10 Å². The summed E-state index contributed by atoms with van der Waals surface area (Å²) in [6.07, 6.45) is 1.44. The van der Waals surface area contributed by atoms with Crippen LogP contribution < -0.4 is 14.9 Å².